The number of thioether (sulfide) groups is 1. The number of hydrogen-bond donors (Lipinski definition) is 1. The van der Waals surface area contributed by atoms with Crippen LogP contribution in [-0.4, -0.2) is 21.3 Å². The third-order valence-corrected chi connectivity index (χ3v) is 4.81. The number of aliphatic carboxylic acids is 1. The lowest BCUT2D eigenvalue weighted by molar-refractivity contribution is -0.142. The summed E-state index contributed by atoms with van der Waals surface area (Å²) in [5.41, 5.74) is 0. The quantitative estimate of drug-likeness (QED) is 0.926. The first-order valence-electron chi connectivity index (χ1n) is 5.68. The number of nitrogens with zero attached hydrogens (tertiary/aromatic N) is 1. The van der Waals surface area contributed by atoms with E-state index in [2.05, 4.69) is 20.9 Å². The molecular formula is C12H14BrNO2S. The highest BCUT2D eigenvalue weighted by molar-refractivity contribution is 9.10. The van der Waals surface area contributed by atoms with Crippen molar-refractivity contribution in [1.29, 1.82) is 0 Å². The average molecular weight is 316 g/mol. The molecule has 0 radical (unpaired) electrons. The highest BCUT2D eigenvalue weighted by atomic mass is 79.9. The van der Waals surface area contributed by atoms with Gasteiger partial charge in [0.1, 0.15) is 0 Å². The standard InChI is InChI=1S/C12H14BrNO2S/c13-8-5-6-11(14-7-8)17-10-4-2-1-3-9(10)12(15)16/h5-7,9-10H,1-4H2,(H,15,16). The second-order valence-corrected chi connectivity index (χ2v) is 6.38. The van der Waals surface area contributed by atoms with Gasteiger partial charge < -0.3 is 5.11 Å². The Bertz CT molecular complexity index is 396. The smallest absolute Gasteiger partial charge is 0.307 e. The Morgan fingerprint density at radius 2 is 2.18 bits per heavy atom. The summed E-state index contributed by atoms with van der Waals surface area (Å²) in [6.45, 7) is 0. The summed E-state index contributed by atoms with van der Waals surface area (Å²) in [5.74, 6) is -0.890. The van der Waals surface area contributed by atoms with Crippen molar-refractivity contribution < 1.29 is 9.90 Å². The number of halogens is 1. The van der Waals surface area contributed by atoms with Crippen LogP contribution in [0.5, 0.6) is 0 Å². The van der Waals surface area contributed by atoms with Gasteiger partial charge in [-0.25, -0.2) is 4.98 Å². The molecule has 0 amide bonds. The van der Waals surface area contributed by atoms with E-state index in [1.54, 1.807) is 18.0 Å². The highest BCUT2D eigenvalue weighted by Gasteiger charge is 2.31. The van der Waals surface area contributed by atoms with Crippen molar-refractivity contribution in [3.63, 3.8) is 0 Å². The lowest BCUT2D eigenvalue weighted by atomic mass is 9.89. The molecule has 0 aromatic carbocycles. The van der Waals surface area contributed by atoms with E-state index in [1.807, 2.05) is 12.1 Å². The van der Waals surface area contributed by atoms with Crippen LogP contribution in [0.15, 0.2) is 27.8 Å². The van der Waals surface area contributed by atoms with E-state index in [4.69, 9.17) is 0 Å². The molecule has 2 rings (SSSR count). The molecule has 1 N–H and O–H groups in total. The van der Waals surface area contributed by atoms with Gasteiger partial charge in [-0.3, -0.25) is 4.79 Å². The van der Waals surface area contributed by atoms with Crippen molar-refractivity contribution in [2.75, 3.05) is 0 Å². The number of carbonyl (C=O) groups is 1. The normalized spacial score (nSPS) is 24.5. The average Bonchev–Trinajstić information content (AvgIpc) is 2.32. The molecule has 0 saturated heterocycles. The van der Waals surface area contributed by atoms with Crippen molar-refractivity contribution in [2.24, 2.45) is 5.92 Å². The summed E-state index contributed by atoms with van der Waals surface area (Å²) >= 11 is 4.94. The summed E-state index contributed by atoms with van der Waals surface area (Å²) in [4.78, 5) is 15.5. The van der Waals surface area contributed by atoms with E-state index in [0.29, 0.717) is 0 Å². The molecule has 0 aliphatic heterocycles. The highest BCUT2D eigenvalue weighted by Crippen LogP contribution is 2.37. The zero-order valence-electron chi connectivity index (χ0n) is 9.30. The summed E-state index contributed by atoms with van der Waals surface area (Å²) in [5, 5.41) is 10.3. The molecule has 92 valence electrons. The molecule has 1 heterocycles. The summed E-state index contributed by atoms with van der Waals surface area (Å²) in [6.07, 6.45) is 5.67. The Balaban J connectivity index is 2.05. The van der Waals surface area contributed by atoms with Crippen molar-refractivity contribution in [2.45, 2.75) is 36.0 Å². The minimum Gasteiger partial charge on any atom is -0.481 e. The second-order valence-electron chi connectivity index (χ2n) is 4.20. The van der Waals surface area contributed by atoms with Gasteiger partial charge in [0.2, 0.25) is 0 Å². The molecular weight excluding hydrogens is 302 g/mol. The Morgan fingerprint density at radius 3 is 2.82 bits per heavy atom. The first-order valence-corrected chi connectivity index (χ1v) is 7.35. The van der Waals surface area contributed by atoms with E-state index < -0.39 is 5.97 Å². The topological polar surface area (TPSA) is 50.2 Å². The molecule has 5 heteroatoms. The molecule has 1 aromatic heterocycles. The molecule has 3 nitrogen and oxygen atoms in total. The van der Waals surface area contributed by atoms with Crippen LogP contribution in [0.3, 0.4) is 0 Å². The van der Waals surface area contributed by atoms with Crippen molar-refractivity contribution in [3.8, 4) is 0 Å². The van der Waals surface area contributed by atoms with Crippen LogP contribution in [-0.2, 0) is 4.79 Å². The van der Waals surface area contributed by atoms with E-state index >= 15 is 0 Å². The zero-order chi connectivity index (χ0) is 12.3. The Hall–Kier alpha value is -0.550. The van der Waals surface area contributed by atoms with Crippen LogP contribution >= 0.6 is 27.7 Å². The largest absolute Gasteiger partial charge is 0.481 e. The monoisotopic (exact) mass is 315 g/mol. The van der Waals surface area contributed by atoms with E-state index in [1.165, 1.54) is 0 Å². The van der Waals surface area contributed by atoms with Crippen molar-refractivity contribution in [3.05, 3.63) is 22.8 Å². The molecule has 1 saturated carbocycles. The lowest BCUT2D eigenvalue weighted by Crippen LogP contribution is -2.29. The predicted octanol–water partition coefficient (Wildman–Crippen LogP) is 3.58. The molecule has 1 aromatic rings. The van der Waals surface area contributed by atoms with Gasteiger partial charge in [0.15, 0.2) is 0 Å². The molecule has 1 fully saturated rings. The van der Waals surface area contributed by atoms with Gasteiger partial charge in [-0.1, -0.05) is 12.8 Å². The number of aromatic nitrogens is 1. The van der Waals surface area contributed by atoms with Crippen molar-refractivity contribution >= 4 is 33.7 Å². The Kier molecular flexibility index (Phi) is 4.45. The summed E-state index contributed by atoms with van der Waals surface area (Å²) < 4.78 is 0.945. The van der Waals surface area contributed by atoms with Gasteiger partial charge in [-0.2, -0.15) is 0 Å². The molecule has 2 atom stereocenters. The van der Waals surface area contributed by atoms with Crippen LogP contribution < -0.4 is 0 Å². The Morgan fingerprint density at radius 1 is 1.41 bits per heavy atom. The summed E-state index contributed by atoms with van der Waals surface area (Å²) in [7, 11) is 0. The Labute approximate surface area is 113 Å². The molecule has 1 aliphatic carbocycles. The van der Waals surface area contributed by atoms with E-state index in [0.717, 1.165) is 35.2 Å². The van der Waals surface area contributed by atoms with Gasteiger partial charge in [0, 0.05) is 15.9 Å². The summed E-state index contributed by atoms with van der Waals surface area (Å²) in [6, 6.07) is 3.87. The molecule has 0 spiro atoms. The number of hydrogen-bond acceptors (Lipinski definition) is 3. The maximum atomic E-state index is 11.2. The molecule has 2 unspecified atom stereocenters. The molecule has 1 aliphatic rings. The first kappa shape index (κ1) is 12.9. The van der Waals surface area contributed by atoms with Gasteiger partial charge in [-0.15, -0.1) is 11.8 Å². The fraction of sp³-hybridized carbons (Fsp3) is 0.500. The maximum absolute atomic E-state index is 11.2. The second kappa shape index (κ2) is 5.87. The third kappa shape index (κ3) is 3.45. The molecule has 17 heavy (non-hydrogen) atoms. The van der Waals surface area contributed by atoms with E-state index in [9.17, 15) is 9.90 Å². The van der Waals surface area contributed by atoms with Crippen LogP contribution in [0.2, 0.25) is 0 Å². The minimum absolute atomic E-state index is 0.162. The SMILES string of the molecule is O=C(O)C1CCCCC1Sc1ccc(Br)cn1. The number of carboxylic acid groups (broad SMARTS) is 1. The van der Waals surface area contributed by atoms with Gasteiger partial charge in [-0.05, 0) is 40.9 Å². The lowest BCUT2D eigenvalue weighted by Gasteiger charge is -2.27. The number of pyridine rings is 1. The van der Waals surface area contributed by atoms with Gasteiger partial charge >= 0.3 is 5.97 Å². The van der Waals surface area contributed by atoms with Gasteiger partial charge in [0.25, 0.3) is 0 Å². The van der Waals surface area contributed by atoms with Crippen LogP contribution in [0.4, 0.5) is 0 Å². The van der Waals surface area contributed by atoms with Crippen LogP contribution in [0.1, 0.15) is 25.7 Å². The maximum Gasteiger partial charge on any atom is 0.307 e. The van der Waals surface area contributed by atoms with E-state index in [-0.39, 0.29) is 11.2 Å². The third-order valence-electron chi connectivity index (χ3n) is 2.99. The first-order chi connectivity index (χ1) is 8.16. The number of carboxylic acids is 1. The minimum atomic E-state index is -0.667. The van der Waals surface area contributed by atoms with Gasteiger partial charge in [0.05, 0.1) is 10.9 Å². The van der Waals surface area contributed by atoms with Crippen LogP contribution in [0.25, 0.3) is 0 Å². The van der Waals surface area contributed by atoms with Crippen molar-refractivity contribution in [1.82, 2.24) is 4.98 Å². The van der Waals surface area contributed by atoms with Crippen LogP contribution in [0, 0.1) is 5.92 Å². The fourth-order valence-electron chi connectivity index (χ4n) is 2.11. The zero-order valence-corrected chi connectivity index (χ0v) is 11.7. The fourth-order valence-corrected chi connectivity index (χ4v) is 3.61. The molecule has 0 bridgehead atoms. The number of rotatable bonds is 3. The predicted molar refractivity (Wildman–Crippen MR) is 71.2 cm³/mol.